The molecular formula is C6H5F7O. The minimum absolute atomic E-state index is 0.461. The first-order chi connectivity index (χ1) is 6.10. The number of alkyl halides is 7. The highest BCUT2D eigenvalue weighted by Crippen LogP contribution is 2.58. The molecule has 1 fully saturated rings. The van der Waals surface area contributed by atoms with Gasteiger partial charge in [-0.3, -0.25) is 0 Å². The second-order valence-electron chi connectivity index (χ2n) is 2.88. The van der Waals surface area contributed by atoms with Gasteiger partial charge in [-0.2, -0.15) is 26.3 Å². The highest BCUT2D eigenvalue weighted by atomic mass is 19.3. The molecule has 1 nitrogen and oxygen atoms in total. The maximum absolute atomic E-state index is 12.5. The Morgan fingerprint density at radius 1 is 0.929 bits per heavy atom. The van der Waals surface area contributed by atoms with Gasteiger partial charge in [-0.15, -0.1) is 0 Å². The van der Waals surface area contributed by atoms with Crippen molar-refractivity contribution in [3.05, 3.63) is 0 Å². The lowest BCUT2D eigenvalue weighted by Crippen LogP contribution is -2.49. The summed E-state index contributed by atoms with van der Waals surface area (Å²) >= 11 is 0. The zero-order valence-electron chi connectivity index (χ0n) is 6.71. The average molecular weight is 226 g/mol. The molecule has 2 unspecified atom stereocenters. The van der Waals surface area contributed by atoms with Gasteiger partial charge in [-0.05, 0) is 0 Å². The van der Waals surface area contributed by atoms with Gasteiger partial charge in [0.15, 0.2) is 6.10 Å². The summed E-state index contributed by atoms with van der Waals surface area (Å²) in [7, 11) is 0.461. The van der Waals surface area contributed by atoms with Crippen molar-refractivity contribution in [2.75, 3.05) is 7.11 Å². The van der Waals surface area contributed by atoms with Crippen LogP contribution in [-0.2, 0) is 4.74 Å². The predicted octanol–water partition coefficient (Wildman–Crippen LogP) is 2.26. The molecule has 0 saturated heterocycles. The van der Waals surface area contributed by atoms with Gasteiger partial charge in [0, 0.05) is 7.11 Å². The van der Waals surface area contributed by atoms with Crippen LogP contribution in [0.5, 0.6) is 0 Å². The van der Waals surface area contributed by atoms with Crippen molar-refractivity contribution in [1.29, 1.82) is 0 Å². The van der Waals surface area contributed by atoms with Gasteiger partial charge in [-0.1, -0.05) is 0 Å². The third-order valence-electron chi connectivity index (χ3n) is 2.06. The molecule has 1 aliphatic rings. The first-order valence-corrected chi connectivity index (χ1v) is 3.41. The molecule has 0 heterocycles. The van der Waals surface area contributed by atoms with E-state index in [0.29, 0.717) is 7.11 Å². The van der Waals surface area contributed by atoms with Gasteiger partial charge in [0.1, 0.15) is 0 Å². The number of hydrogen-bond acceptors (Lipinski definition) is 1. The van der Waals surface area contributed by atoms with E-state index in [4.69, 9.17) is 0 Å². The Labute approximate surface area is 73.8 Å². The largest absolute Gasteiger partial charge is 0.377 e. The second-order valence-corrected chi connectivity index (χ2v) is 2.88. The molecule has 8 heteroatoms. The van der Waals surface area contributed by atoms with E-state index in [1.807, 2.05) is 0 Å². The van der Waals surface area contributed by atoms with E-state index in [0.717, 1.165) is 0 Å². The minimum atomic E-state index is -5.74. The Morgan fingerprint density at radius 3 is 1.50 bits per heavy atom. The van der Waals surface area contributed by atoms with Gasteiger partial charge in [0.05, 0.1) is 0 Å². The normalized spacial score (nSPS) is 38.6. The Hall–Kier alpha value is -0.530. The third-order valence-corrected chi connectivity index (χ3v) is 2.06. The Morgan fingerprint density at radius 2 is 1.36 bits per heavy atom. The summed E-state index contributed by atoms with van der Waals surface area (Å²) in [6.07, 6.45) is -6.86. The Balaban J connectivity index is 3.22. The maximum Gasteiger partial charge on any atom is 0.377 e. The van der Waals surface area contributed by atoms with Gasteiger partial charge in [-0.25, -0.2) is 4.39 Å². The van der Waals surface area contributed by atoms with Crippen LogP contribution in [0.2, 0.25) is 0 Å². The fourth-order valence-electron chi connectivity index (χ4n) is 1.22. The molecule has 0 amide bonds. The summed E-state index contributed by atoms with van der Waals surface area (Å²) in [5.41, 5.74) is 0. The molecule has 0 radical (unpaired) electrons. The molecular weight excluding hydrogens is 221 g/mol. The molecule has 1 rings (SSSR count). The van der Waals surface area contributed by atoms with Crippen molar-refractivity contribution in [2.24, 2.45) is 0 Å². The standard InChI is InChI=1S/C6H5F7O/c1-14-3-2(7)4(8,9)6(12,13)5(3,10)11/h2-3H,1H3. The first-order valence-electron chi connectivity index (χ1n) is 3.41. The van der Waals surface area contributed by atoms with E-state index in [2.05, 4.69) is 4.74 Å². The molecule has 0 spiro atoms. The molecule has 84 valence electrons. The van der Waals surface area contributed by atoms with E-state index < -0.39 is 30.0 Å². The molecule has 0 bridgehead atoms. The highest BCUT2D eigenvalue weighted by Gasteiger charge is 2.86. The van der Waals surface area contributed by atoms with Crippen molar-refractivity contribution in [3.8, 4) is 0 Å². The molecule has 2 atom stereocenters. The Kier molecular flexibility index (Phi) is 2.26. The number of hydrogen-bond donors (Lipinski definition) is 0. The summed E-state index contributed by atoms with van der Waals surface area (Å²) < 4.78 is 90.7. The zero-order chi connectivity index (χ0) is 11.4. The predicted molar refractivity (Wildman–Crippen MR) is 30.5 cm³/mol. The average Bonchev–Trinajstić information content (AvgIpc) is 2.10. The number of rotatable bonds is 1. The molecule has 1 aliphatic carbocycles. The van der Waals surface area contributed by atoms with E-state index in [1.54, 1.807) is 0 Å². The fourth-order valence-corrected chi connectivity index (χ4v) is 1.22. The summed E-state index contributed by atoms with van der Waals surface area (Å²) in [6.45, 7) is 0. The van der Waals surface area contributed by atoms with Crippen LogP contribution in [0.25, 0.3) is 0 Å². The van der Waals surface area contributed by atoms with Crippen LogP contribution in [0.3, 0.4) is 0 Å². The fraction of sp³-hybridized carbons (Fsp3) is 1.00. The quantitative estimate of drug-likeness (QED) is 0.623. The van der Waals surface area contributed by atoms with Crippen molar-refractivity contribution in [3.63, 3.8) is 0 Å². The van der Waals surface area contributed by atoms with Crippen molar-refractivity contribution in [2.45, 2.75) is 30.0 Å². The molecule has 0 N–H and O–H groups in total. The zero-order valence-corrected chi connectivity index (χ0v) is 6.71. The lowest BCUT2D eigenvalue weighted by atomic mass is 10.2. The monoisotopic (exact) mass is 226 g/mol. The SMILES string of the molecule is COC1C(F)C(F)(F)C(F)(F)C1(F)F. The van der Waals surface area contributed by atoms with Gasteiger partial charge >= 0.3 is 17.8 Å². The summed E-state index contributed by atoms with van der Waals surface area (Å²) in [5.74, 6) is -16.4. The van der Waals surface area contributed by atoms with Crippen LogP contribution in [-0.4, -0.2) is 37.2 Å². The van der Waals surface area contributed by atoms with Gasteiger partial charge in [0.25, 0.3) is 0 Å². The van der Waals surface area contributed by atoms with E-state index >= 15 is 0 Å². The van der Waals surface area contributed by atoms with Crippen LogP contribution in [0, 0.1) is 0 Å². The maximum atomic E-state index is 12.5. The summed E-state index contributed by atoms with van der Waals surface area (Å²) in [6, 6.07) is 0. The lowest BCUT2D eigenvalue weighted by Gasteiger charge is -2.23. The smallest absolute Gasteiger partial charge is 0.372 e. The molecule has 0 aromatic rings. The number of methoxy groups -OCH3 is 1. The van der Waals surface area contributed by atoms with Crippen LogP contribution in [0.15, 0.2) is 0 Å². The molecule has 1 saturated carbocycles. The van der Waals surface area contributed by atoms with Crippen LogP contribution in [0.4, 0.5) is 30.7 Å². The first kappa shape index (κ1) is 11.5. The van der Waals surface area contributed by atoms with Crippen molar-refractivity contribution < 1.29 is 35.5 Å². The van der Waals surface area contributed by atoms with E-state index in [-0.39, 0.29) is 0 Å². The van der Waals surface area contributed by atoms with Crippen LogP contribution < -0.4 is 0 Å². The number of ether oxygens (including phenoxy) is 1. The van der Waals surface area contributed by atoms with Crippen molar-refractivity contribution in [1.82, 2.24) is 0 Å². The molecule has 0 aromatic carbocycles. The highest BCUT2D eigenvalue weighted by molar-refractivity contribution is 5.15. The second kappa shape index (κ2) is 2.74. The van der Waals surface area contributed by atoms with Crippen molar-refractivity contribution >= 4 is 0 Å². The topological polar surface area (TPSA) is 9.23 Å². The van der Waals surface area contributed by atoms with Crippen LogP contribution >= 0.6 is 0 Å². The third kappa shape index (κ3) is 0.999. The molecule has 14 heavy (non-hydrogen) atoms. The lowest BCUT2D eigenvalue weighted by molar-refractivity contribution is -0.285. The van der Waals surface area contributed by atoms with Crippen LogP contribution in [0.1, 0.15) is 0 Å². The van der Waals surface area contributed by atoms with Gasteiger partial charge in [0.2, 0.25) is 6.17 Å². The molecule has 0 aromatic heterocycles. The Bertz CT molecular complexity index is 238. The number of halogens is 7. The van der Waals surface area contributed by atoms with Gasteiger partial charge < -0.3 is 4.74 Å². The van der Waals surface area contributed by atoms with E-state index in [9.17, 15) is 30.7 Å². The minimum Gasteiger partial charge on any atom is -0.372 e. The molecule has 0 aliphatic heterocycles. The summed E-state index contributed by atoms with van der Waals surface area (Å²) in [4.78, 5) is 0. The van der Waals surface area contributed by atoms with E-state index in [1.165, 1.54) is 0 Å². The summed E-state index contributed by atoms with van der Waals surface area (Å²) in [5, 5.41) is 0.